The van der Waals surface area contributed by atoms with Crippen LogP contribution < -0.4 is 10.6 Å². The van der Waals surface area contributed by atoms with Gasteiger partial charge < -0.3 is 15.7 Å². The molecule has 0 aliphatic heterocycles. The van der Waals surface area contributed by atoms with Crippen LogP contribution in [0.3, 0.4) is 0 Å². The second kappa shape index (κ2) is 6.22. The molecule has 0 heterocycles. The molecular weight excluding hydrogens is 284 g/mol. The molecule has 110 valence electrons. The lowest BCUT2D eigenvalue weighted by molar-refractivity contribution is -0.139. The third-order valence-corrected chi connectivity index (χ3v) is 2.36. The Balaban J connectivity index is 2.94. The first-order valence-electron chi connectivity index (χ1n) is 5.41. The predicted molar refractivity (Wildman–Crippen MR) is 60.1 cm³/mol. The van der Waals surface area contributed by atoms with Crippen LogP contribution in [0, 0.1) is 23.3 Å². The van der Waals surface area contributed by atoms with Gasteiger partial charge in [0.2, 0.25) is 0 Å². The van der Waals surface area contributed by atoms with Crippen LogP contribution in [0.5, 0.6) is 0 Å². The number of hydrogen-bond acceptors (Lipinski definition) is 2. The maximum absolute atomic E-state index is 13.2. The second-order valence-corrected chi connectivity index (χ2v) is 3.74. The molecule has 20 heavy (non-hydrogen) atoms. The zero-order valence-corrected chi connectivity index (χ0v) is 10.1. The molecular formula is C11H10F4N2O3. The van der Waals surface area contributed by atoms with Gasteiger partial charge >= 0.3 is 12.0 Å². The number of amides is 2. The third-order valence-electron chi connectivity index (χ3n) is 2.36. The van der Waals surface area contributed by atoms with Gasteiger partial charge in [-0.2, -0.15) is 0 Å². The largest absolute Gasteiger partial charge is 0.480 e. The van der Waals surface area contributed by atoms with Crippen molar-refractivity contribution in [3.63, 3.8) is 0 Å². The molecule has 0 saturated carbocycles. The van der Waals surface area contributed by atoms with E-state index < -0.39 is 47.0 Å². The normalized spacial score (nSPS) is 11.8. The van der Waals surface area contributed by atoms with Crippen molar-refractivity contribution < 1.29 is 32.3 Å². The zero-order chi connectivity index (χ0) is 15.4. The van der Waals surface area contributed by atoms with Crippen LogP contribution in [0.1, 0.15) is 13.3 Å². The number of aliphatic carboxylic acids is 1. The summed E-state index contributed by atoms with van der Waals surface area (Å²) < 4.78 is 52.2. The van der Waals surface area contributed by atoms with E-state index in [1.165, 1.54) is 12.2 Å². The van der Waals surface area contributed by atoms with E-state index in [1.54, 1.807) is 0 Å². The number of carboxylic acids is 1. The number of urea groups is 1. The molecule has 0 saturated heterocycles. The Bertz CT molecular complexity index is 525. The number of hydrogen-bond donors (Lipinski definition) is 3. The Labute approximate surface area is 110 Å². The van der Waals surface area contributed by atoms with Gasteiger partial charge in [-0.25, -0.2) is 27.2 Å². The Morgan fingerprint density at radius 1 is 1.20 bits per heavy atom. The van der Waals surface area contributed by atoms with Gasteiger partial charge in [0.25, 0.3) is 0 Å². The zero-order valence-electron chi connectivity index (χ0n) is 10.1. The van der Waals surface area contributed by atoms with Crippen molar-refractivity contribution >= 4 is 17.7 Å². The highest BCUT2D eigenvalue weighted by molar-refractivity contribution is 5.92. The smallest absolute Gasteiger partial charge is 0.326 e. The van der Waals surface area contributed by atoms with Crippen molar-refractivity contribution in [2.45, 2.75) is 19.4 Å². The Hall–Kier alpha value is -2.32. The predicted octanol–water partition coefficient (Wildman–Crippen LogP) is 2.23. The average Bonchev–Trinajstić information content (AvgIpc) is 2.38. The highest BCUT2D eigenvalue weighted by atomic mass is 19.2. The second-order valence-electron chi connectivity index (χ2n) is 3.74. The third kappa shape index (κ3) is 3.37. The Morgan fingerprint density at radius 2 is 1.70 bits per heavy atom. The molecule has 0 spiro atoms. The maximum atomic E-state index is 13.2. The number of nitrogens with one attached hydrogen (secondary N) is 2. The van der Waals surface area contributed by atoms with Crippen LogP contribution in [-0.2, 0) is 4.79 Å². The molecule has 2 amide bonds. The fourth-order valence-electron chi connectivity index (χ4n) is 1.33. The topological polar surface area (TPSA) is 78.4 Å². The van der Waals surface area contributed by atoms with Crippen molar-refractivity contribution in [2.24, 2.45) is 0 Å². The number of anilines is 1. The monoisotopic (exact) mass is 294 g/mol. The highest BCUT2D eigenvalue weighted by Gasteiger charge is 2.23. The number of carboxylic acid groups (broad SMARTS) is 1. The first-order chi connectivity index (χ1) is 9.27. The molecule has 9 heteroatoms. The molecule has 0 aliphatic rings. The van der Waals surface area contributed by atoms with Crippen LogP contribution in [0.4, 0.5) is 28.0 Å². The molecule has 5 nitrogen and oxygen atoms in total. The molecule has 1 rings (SSSR count). The van der Waals surface area contributed by atoms with Gasteiger partial charge in [0.15, 0.2) is 23.3 Å². The van der Waals surface area contributed by atoms with Crippen molar-refractivity contribution in [2.75, 3.05) is 5.32 Å². The summed E-state index contributed by atoms with van der Waals surface area (Å²) in [5, 5.41) is 12.1. The molecule has 0 unspecified atom stereocenters. The summed E-state index contributed by atoms with van der Waals surface area (Å²) in [4.78, 5) is 22.0. The van der Waals surface area contributed by atoms with E-state index in [9.17, 15) is 27.2 Å². The lowest BCUT2D eigenvalue weighted by Crippen LogP contribution is -2.42. The molecule has 1 atom stereocenters. The number of benzene rings is 1. The van der Waals surface area contributed by atoms with Crippen LogP contribution in [-0.4, -0.2) is 23.1 Å². The summed E-state index contributed by atoms with van der Waals surface area (Å²) >= 11 is 0. The van der Waals surface area contributed by atoms with Crippen molar-refractivity contribution in [1.29, 1.82) is 0 Å². The minimum Gasteiger partial charge on any atom is -0.480 e. The molecule has 0 aromatic heterocycles. The molecule has 1 aromatic rings. The molecule has 1 aromatic carbocycles. The average molecular weight is 294 g/mol. The van der Waals surface area contributed by atoms with Gasteiger partial charge in [0.05, 0.1) is 0 Å². The molecule has 3 N–H and O–H groups in total. The summed E-state index contributed by atoms with van der Waals surface area (Å²) in [5.41, 5.74) is -1.33. The highest BCUT2D eigenvalue weighted by Crippen LogP contribution is 2.23. The lowest BCUT2D eigenvalue weighted by atomic mass is 10.2. The van der Waals surface area contributed by atoms with Gasteiger partial charge in [0, 0.05) is 6.07 Å². The van der Waals surface area contributed by atoms with Crippen molar-refractivity contribution in [3.05, 3.63) is 29.3 Å². The fraction of sp³-hybridized carbons (Fsp3) is 0.273. The summed E-state index contributed by atoms with van der Waals surface area (Å²) in [6, 6.07) is -2.62. The lowest BCUT2D eigenvalue weighted by Gasteiger charge is -2.14. The van der Waals surface area contributed by atoms with E-state index in [1.807, 2.05) is 5.32 Å². The van der Waals surface area contributed by atoms with E-state index in [-0.39, 0.29) is 12.5 Å². The molecule has 0 aliphatic carbocycles. The number of carbonyl (C=O) groups excluding carboxylic acids is 1. The van der Waals surface area contributed by atoms with Crippen molar-refractivity contribution in [1.82, 2.24) is 5.32 Å². The van der Waals surface area contributed by atoms with E-state index in [0.29, 0.717) is 0 Å². The van der Waals surface area contributed by atoms with Crippen molar-refractivity contribution in [3.8, 4) is 0 Å². The Kier molecular flexibility index (Phi) is 4.89. The SMILES string of the molecule is CC[C@H](NC(=O)Nc1c(F)c(F)cc(F)c1F)C(=O)O. The Morgan fingerprint density at radius 3 is 2.10 bits per heavy atom. The first kappa shape index (κ1) is 15.7. The fourth-order valence-corrected chi connectivity index (χ4v) is 1.33. The van der Waals surface area contributed by atoms with Crippen LogP contribution in [0.2, 0.25) is 0 Å². The maximum Gasteiger partial charge on any atom is 0.326 e. The van der Waals surface area contributed by atoms with Crippen LogP contribution in [0.25, 0.3) is 0 Å². The summed E-state index contributed by atoms with van der Waals surface area (Å²) in [7, 11) is 0. The van der Waals surface area contributed by atoms with Gasteiger partial charge in [-0.15, -0.1) is 0 Å². The van der Waals surface area contributed by atoms with Gasteiger partial charge in [-0.3, -0.25) is 0 Å². The molecule has 0 bridgehead atoms. The van der Waals surface area contributed by atoms with E-state index in [4.69, 9.17) is 5.11 Å². The molecule has 0 fully saturated rings. The standard InChI is InChI=1S/C11H10F4N2O3/c1-2-6(10(18)19)16-11(20)17-9-7(14)4(12)3-5(13)8(9)15/h3,6H,2H2,1H3,(H,18,19)(H2,16,17,20)/t6-/m0/s1. The van der Waals surface area contributed by atoms with Gasteiger partial charge in [-0.05, 0) is 6.42 Å². The summed E-state index contributed by atoms with van der Waals surface area (Å²) in [6.07, 6.45) is 0.00519. The minimum absolute atomic E-state index is 0.00519. The summed E-state index contributed by atoms with van der Waals surface area (Å²) in [5.74, 6) is -8.33. The number of halogens is 4. The number of carbonyl (C=O) groups is 2. The van der Waals surface area contributed by atoms with Gasteiger partial charge in [-0.1, -0.05) is 6.92 Å². The summed E-state index contributed by atoms with van der Waals surface area (Å²) in [6.45, 7) is 1.45. The number of rotatable bonds is 4. The van der Waals surface area contributed by atoms with Crippen LogP contribution >= 0.6 is 0 Å². The van der Waals surface area contributed by atoms with Crippen LogP contribution in [0.15, 0.2) is 6.07 Å². The molecule has 0 radical (unpaired) electrons. The first-order valence-corrected chi connectivity index (χ1v) is 5.41. The minimum atomic E-state index is -1.79. The van der Waals surface area contributed by atoms with E-state index >= 15 is 0 Å². The van der Waals surface area contributed by atoms with E-state index in [2.05, 4.69) is 0 Å². The quantitative estimate of drug-likeness (QED) is 0.588. The van der Waals surface area contributed by atoms with E-state index in [0.717, 1.165) is 0 Å². The van der Waals surface area contributed by atoms with Gasteiger partial charge in [0.1, 0.15) is 11.7 Å².